The summed E-state index contributed by atoms with van der Waals surface area (Å²) in [5.41, 5.74) is 1.14. The number of anilines is 1. The zero-order valence-corrected chi connectivity index (χ0v) is 16.6. The van der Waals surface area contributed by atoms with E-state index in [-0.39, 0.29) is 21.8 Å². The fourth-order valence-corrected chi connectivity index (χ4v) is 3.22. The minimum Gasteiger partial charge on any atom is -0.321 e. The Morgan fingerprint density at radius 1 is 1.13 bits per heavy atom. The summed E-state index contributed by atoms with van der Waals surface area (Å²) in [5, 5.41) is 27.8. The maximum Gasteiger partial charge on any atom is 0.269 e. The topological polar surface area (TPSA) is 161 Å². The van der Waals surface area contributed by atoms with Crippen molar-refractivity contribution in [3.8, 4) is 11.8 Å². The first kappa shape index (κ1) is 21.4. The van der Waals surface area contributed by atoms with Crippen LogP contribution in [0.25, 0.3) is 11.8 Å². The highest BCUT2D eigenvalue weighted by molar-refractivity contribution is 7.89. The molecular formula is C20H15N5O5S. The quantitative estimate of drug-likeness (QED) is 0.261. The number of aromatic nitrogens is 1. The highest BCUT2D eigenvalue weighted by Crippen LogP contribution is 2.20. The maximum absolute atomic E-state index is 12.5. The fraction of sp³-hybridized carbons (Fsp3) is 0. The van der Waals surface area contributed by atoms with Crippen LogP contribution in [0.3, 0.4) is 0 Å². The second-order valence-electron chi connectivity index (χ2n) is 6.27. The number of rotatable bonds is 6. The smallest absolute Gasteiger partial charge is 0.269 e. The summed E-state index contributed by atoms with van der Waals surface area (Å²) < 4.78 is 24.3. The van der Waals surface area contributed by atoms with E-state index in [1.54, 1.807) is 35.0 Å². The molecule has 10 nitrogen and oxygen atoms in total. The van der Waals surface area contributed by atoms with Crippen LogP contribution in [0.5, 0.6) is 0 Å². The standard InChI is InChI=1S/C20H15N5O5S/c21-13-14(20(26)23-15-3-9-19(10-4-15)31(22,29)30)12-18-2-1-11-24(18)16-5-7-17(8-6-16)25(27)28/h1-12H,(H,23,26)(H2,22,29,30)/b14-12+. The third-order valence-corrected chi connectivity index (χ3v) is 5.15. The lowest BCUT2D eigenvalue weighted by Gasteiger charge is -2.08. The predicted molar refractivity (Wildman–Crippen MR) is 112 cm³/mol. The zero-order valence-electron chi connectivity index (χ0n) is 15.8. The first-order valence-corrected chi connectivity index (χ1v) is 10.2. The fourth-order valence-electron chi connectivity index (χ4n) is 2.70. The Bertz CT molecular complexity index is 1320. The van der Waals surface area contributed by atoms with Gasteiger partial charge in [-0.3, -0.25) is 14.9 Å². The number of nitrogens with two attached hydrogens (primary N) is 1. The number of nitro benzene ring substituents is 1. The Morgan fingerprint density at radius 3 is 2.32 bits per heavy atom. The van der Waals surface area contributed by atoms with Crippen molar-refractivity contribution in [2.24, 2.45) is 5.14 Å². The van der Waals surface area contributed by atoms with E-state index < -0.39 is 20.9 Å². The normalized spacial score (nSPS) is 11.5. The summed E-state index contributed by atoms with van der Waals surface area (Å²) >= 11 is 0. The van der Waals surface area contributed by atoms with Crippen LogP contribution in [0.15, 0.2) is 77.3 Å². The molecule has 156 valence electrons. The SMILES string of the molecule is N#C/C(=C\c1cccn1-c1ccc([N+](=O)[O-])cc1)C(=O)Nc1ccc(S(N)(=O)=O)cc1. The zero-order chi connectivity index (χ0) is 22.6. The number of nitro groups is 1. The van der Waals surface area contributed by atoms with Crippen molar-refractivity contribution in [3.63, 3.8) is 0 Å². The Labute approximate surface area is 177 Å². The van der Waals surface area contributed by atoms with Crippen LogP contribution in [0.2, 0.25) is 0 Å². The number of nitrogens with zero attached hydrogens (tertiary/aromatic N) is 3. The highest BCUT2D eigenvalue weighted by atomic mass is 32.2. The number of sulfonamides is 1. The molecule has 1 amide bonds. The molecule has 0 spiro atoms. The molecule has 0 fully saturated rings. The van der Waals surface area contributed by atoms with Gasteiger partial charge in [0.05, 0.1) is 9.82 Å². The number of hydrogen-bond acceptors (Lipinski definition) is 6. The van der Waals surface area contributed by atoms with Crippen molar-refractivity contribution < 1.29 is 18.1 Å². The molecule has 0 saturated heterocycles. The summed E-state index contributed by atoms with van der Waals surface area (Å²) in [4.78, 5) is 22.7. The van der Waals surface area contributed by atoms with Crippen LogP contribution in [0.1, 0.15) is 5.69 Å². The molecule has 3 aromatic rings. The second-order valence-corrected chi connectivity index (χ2v) is 7.83. The van der Waals surface area contributed by atoms with Gasteiger partial charge in [0.15, 0.2) is 0 Å². The number of hydrogen-bond donors (Lipinski definition) is 2. The van der Waals surface area contributed by atoms with E-state index in [0.29, 0.717) is 11.4 Å². The van der Waals surface area contributed by atoms with Gasteiger partial charge in [-0.1, -0.05) is 0 Å². The number of primary sulfonamides is 1. The minimum atomic E-state index is -3.86. The van der Waals surface area contributed by atoms with Gasteiger partial charge >= 0.3 is 0 Å². The molecular weight excluding hydrogens is 422 g/mol. The molecule has 11 heteroatoms. The Hall–Kier alpha value is -4.27. The molecule has 0 aliphatic rings. The molecule has 0 bridgehead atoms. The lowest BCUT2D eigenvalue weighted by atomic mass is 10.2. The van der Waals surface area contributed by atoms with Gasteiger partial charge in [-0.05, 0) is 54.6 Å². The van der Waals surface area contributed by atoms with E-state index in [4.69, 9.17) is 5.14 Å². The maximum atomic E-state index is 12.5. The minimum absolute atomic E-state index is 0.0569. The summed E-state index contributed by atoms with van der Waals surface area (Å²) in [7, 11) is -3.86. The molecule has 0 saturated carbocycles. The monoisotopic (exact) mass is 437 g/mol. The number of carbonyl (C=O) groups excluding carboxylic acids is 1. The first-order valence-electron chi connectivity index (χ1n) is 8.67. The lowest BCUT2D eigenvalue weighted by Crippen LogP contribution is -2.15. The number of amides is 1. The van der Waals surface area contributed by atoms with Gasteiger partial charge in [-0.25, -0.2) is 13.6 Å². The van der Waals surface area contributed by atoms with Crippen LogP contribution in [-0.2, 0) is 14.8 Å². The van der Waals surface area contributed by atoms with Gasteiger partial charge in [0.2, 0.25) is 10.0 Å². The Kier molecular flexibility index (Phi) is 5.96. The molecule has 0 unspecified atom stereocenters. The molecule has 1 heterocycles. The predicted octanol–water partition coefficient (Wildman–Crippen LogP) is 2.58. The van der Waals surface area contributed by atoms with Crippen molar-refractivity contribution in [1.82, 2.24) is 4.57 Å². The van der Waals surface area contributed by atoms with E-state index in [0.717, 1.165) is 0 Å². The third-order valence-electron chi connectivity index (χ3n) is 4.22. The number of nitriles is 1. The van der Waals surface area contributed by atoms with Crippen molar-refractivity contribution in [2.45, 2.75) is 4.90 Å². The number of carbonyl (C=O) groups is 1. The molecule has 0 atom stereocenters. The van der Waals surface area contributed by atoms with Crippen LogP contribution >= 0.6 is 0 Å². The summed E-state index contributed by atoms with van der Waals surface area (Å²) in [6.45, 7) is 0. The molecule has 0 aliphatic carbocycles. The third kappa shape index (κ3) is 5.02. The van der Waals surface area contributed by atoms with Crippen molar-refractivity contribution in [3.05, 3.63) is 88.2 Å². The molecule has 1 aromatic heterocycles. The van der Waals surface area contributed by atoms with Gasteiger partial charge in [-0.15, -0.1) is 0 Å². The van der Waals surface area contributed by atoms with Crippen LogP contribution < -0.4 is 10.5 Å². The summed E-state index contributed by atoms with van der Waals surface area (Å²) in [5.74, 6) is -0.692. The Balaban J connectivity index is 1.84. The molecule has 31 heavy (non-hydrogen) atoms. The average molecular weight is 437 g/mol. The van der Waals surface area contributed by atoms with E-state index in [1.165, 1.54) is 42.5 Å². The van der Waals surface area contributed by atoms with Crippen LogP contribution in [0, 0.1) is 21.4 Å². The van der Waals surface area contributed by atoms with Gasteiger partial charge < -0.3 is 9.88 Å². The van der Waals surface area contributed by atoms with E-state index in [2.05, 4.69) is 5.32 Å². The van der Waals surface area contributed by atoms with E-state index in [9.17, 15) is 28.6 Å². The van der Waals surface area contributed by atoms with Crippen LogP contribution in [0.4, 0.5) is 11.4 Å². The molecule has 2 aromatic carbocycles. The second kappa shape index (κ2) is 8.62. The van der Waals surface area contributed by atoms with Crippen LogP contribution in [-0.4, -0.2) is 23.8 Å². The number of nitrogens with one attached hydrogen (secondary N) is 1. The van der Waals surface area contributed by atoms with Gasteiger partial charge in [0, 0.05) is 35.4 Å². The van der Waals surface area contributed by atoms with E-state index in [1.807, 2.05) is 6.07 Å². The lowest BCUT2D eigenvalue weighted by molar-refractivity contribution is -0.384. The number of benzene rings is 2. The molecule has 3 rings (SSSR count). The molecule has 0 aliphatic heterocycles. The highest BCUT2D eigenvalue weighted by Gasteiger charge is 2.13. The van der Waals surface area contributed by atoms with Gasteiger partial charge in [0.1, 0.15) is 11.6 Å². The average Bonchev–Trinajstić information content (AvgIpc) is 3.20. The number of non-ortho nitro benzene ring substituents is 1. The molecule has 3 N–H and O–H groups in total. The largest absolute Gasteiger partial charge is 0.321 e. The van der Waals surface area contributed by atoms with Gasteiger partial charge in [0.25, 0.3) is 11.6 Å². The Morgan fingerprint density at radius 2 is 1.77 bits per heavy atom. The first-order chi connectivity index (χ1) is 14.7. The van der Waals surface area contributed by atoms with E-state index >= 15 is 0 Å². The van der Waals surface area contributed by atoms with Crippen molar-refractivity contribution in [1.29, 1.82) is 5.26 Å². The molecule has 0 radical (unpaired) electrons. The summed E-state index contributed by atoms with van der Waals surface area (Å²) in [6.07, 6.45) is 3.06. The van der Waals surface area contributed by atoms with Crippen molar-refractivity contribution >= 4 is 33.4 Å². The van der Waals surface area contributed by atoms with Crippen molar-refractivity contribution in [2.75, 3.05) is 5.32 Å². The summed E-state index contributed by atoms with van der Waals surface area (Å²) in [6, 6.07) is 16.2. The van der Waals surface area contributed by atoms with Gasteiger partial charge in [-0.2, -0.15) is 5.26 Å².